The molecule has 2 aromatic rings. The molecule has 0 spiro atoms. The third-order valence-corrected chi connectivity index (χ3v) is 4.57. The average Bonchev–Trinajstić information content (AvgIpc) is 2.51. The highest BCUT2D eigenvalue weighted by Gasteiger charge is 2.34. The van der Waals surface area contributed by atoms with Crippen molar-refractivity contribution in [3.63, 3.8) is 0 Å². The number of aromatic hydroxyl groups is 1. The summed E-state index contributed by atoms with van der Waals surface area (Å²) in [6, 6.07) is 3.73. The Morgan fingerprint density at radius 2 is 1.67 bits per heavy atom. The van der Waals surface area contributed by atoms with E-state index < -0.39 is 0 Å². The maximum absolute atomic E-state index is 12.6. The summed E-state index contributed by atoms with van der Waals surface area (Å²) < 4.78 is 16.2. The first-order valence-electron chi connectivity index (χ1n) is 7.83. The van der Waals surface area contributed by atoms with Gasteiger partial charge < -0.3 is 19.3 Å². The van der Waals surface area contributed by atoms with Crippen molar-refractivity contribution >= 4 is 16.6 Å². The number of hydrogen-bond acceptors (Lipinski definition) is 5. The Hall–Kier alpha value is -2.43. The van der Waals surface area contributed by atoms with Crippen molar-refractivity contribution in [3.05, 3.63) is 23.3 Å². The van der Waals surface area contributed by atoms with Crippen LogP contribution in [0.3, 0.4) is 0 Å². The number of phenols is 1. The van der Waals surface area contributed by atoms with Crippen LogP contribution in [0.25, 0.3) is 10.8 Å². The highest BCUT2D eigenvalue weighted by atomic mass is 16.5. The second-order valence-corrected chi connectivity index (χ2v) is 6.94. The van der Waals surface area contributed by atoms with Crippen LogP contribution in [0, 0.1) is 5.41 Å². The van der Waals surface area contributed by atoms with Crippen molar-refractivity contribution < 1.29 is 24.1 Å². The van der Waals surface area contributed by atoms with E-state index >= 15 is 0 Å². The minimum atomic E-state index is -0.120. The van der Waals surface area contributed by atoms with Crippen LogP contribution in [0.2, 0.25) is 0 Å². The summed E-state index contributed by atoms with van der Waals surface area (Å²) in [6.45, 7) is 4.12. The van der Waals surface area contributed by atoms with E-state index in [4.69, 9.17) is 14.2 Å². The van der Waals surface area contributed by atoms with Gasteiger partial charge in [0.2, 0.25) is 5.75 Å². The molecular weight excluding hydrogens is 308 g/mol. The molecule has 2 aromatic carbocycles. The van der Waals surface area contributed by atoms with E-state index in [1.807, 2.05) is 6.07 Å². The number of Topliss-reactive ketones (excluding diaryl/α,β-unsaturated/α-hetero) is 1. The van der Waals surface area contributed by atoms with Crippen molar-refractivity contribution in [1.29, 1.82) is 0 Å². The lowest BCUT2D eigenvalue weighted by atomic mass is 9.73. The number of hydrogen-bond donors (Lipinski definition) is 1. The van der Waals surface area contributed by atoms with Crippen molar-refractivity contribution in [2.24, 2.45) is 5.41 Å². The van der Waals surface area contributed by atoms with E-state index in [0.717, 1.165) is 17.4 Å². The molecule has 1 aliphatic rings. The van der Waals surface area contributed by atoms with Crippen LogP contribution in [0.15, 0.2) is 12.1 Å². The first kappa shape index (κ1) is 16.4. The molecule has 24 heavy (non-hydrogen) atoms. The number of carbonyl (C=O) groups is 1. The largest absolute Gasteiger partial charge is 0.506 e. The Labute approximate surface area is 141 Å². The van der Waals surface area contributed by atoms with E-state index in [2.05, 4.69) is 13.8 Å². The number of benzene rings is 2. The standard InChI is InChI=1S/C19H22O5/c1-19(2)8-11-6-10-7-13(22-3)17(23-4)18(24-5)15(10)16(21)14(11)12(20)9-19/h6-7,21H,8-9H2,1-5H3. The van der Waals surface area contributed by atoms with Crippen LogP contribution in [0.1, 0.15) is 36.2 Å². The molecule has 0 saturated carbocycles. The smallest absolute Gasteiger partial charge is 0.204 e. The van der Waals surface area contributed by atoms with E-state index in [0.29, 0.717) is 34.6 Å². The maximum Gasteiger partial charge on any atom is 0.204 e. The number of ether oxygens (including phenoxy) is 3. The summed E-state index contributed by atoms with van der Waals surface area (Å²) in [5, 5.41) is 12.1. The fourth-order valence-electron chi connectivity index (χ4n) is 3.62. The predicted molar refractivity (Wildman–Crippen MR) is 91.7 cm³/mol. The molecule has 1 N–H and O–H groups in total. The van der Waals surface area contributed by atoms with Gasteiger partial charge in [-0.05, 0) is 34.9 Å². The summed E-state index contributed by atoms with van der Waals surface area (Å²) in [4.78, 5) is 12.6. The van der Waals surface area contributed by atoms with Gasteiger partial charge in [-0.25, -0.2) is 0 Å². The molecule has 5 nitrogen and oxygen atoms in total. The zero-order valence-electron chi connectivity index (χ0n) is 14.6. The quantitative estimate of drug-likeness (QED) is 0.929. The first-order valence-corrected chi connectivity index (χ1v) is 7.83. The van der Waals surface area contributed by atoms with E-state index in [-0.39, 0.29) is 16.9 Å². The van der Waals surface area contributed by atoms with Gasteiger partial charge in [-0.1, -0.05) is 13.8 Å². The average molecular weight is 330 g/mol. The number of fused-ring (bicyclic) bond motifs is 2. The summed E-state index contributed by atoms with van der Waals surface area (Å²) in [7, 11) is 4.56. The highest BCUT2D eigenvalue weighted by Crippen LogP contribution is 2.50. The van der Waals surface area contributed by atoms with Gasteiger partial charge in [-0.2, -0.15) is 0 Å². The second-order valence-electron chi connectivity index (χ2n) is 6.94. The van der Waals surface area contributed by atoms with Crippen LogP contribution in [-0.2, 0) is 6.42 Å². The van der Waals surface area contributed by atoms with Gasteiger partial charge in [0, 0.05) is 6.42 Å². The van der Waals surface area contributed by atoms with Crippen molar-refractivity contribution in [3.8, 4) is 23.0 Å². The SMILES string of the molecule is COc1cc2cc3c(c(O)c2c(OC)c1OC)C(=O)CC(C)(C)C3. The summed E-state index contributed by atoms with van der Waals surface area (Å²) in [5.74, 6) is 1.19. The molecular formula is C19H22O5. The Bertz CT molecular complexity index is 836. The number of carbonyl (C=O) groups excluding carboxylic acids is 1. The fourth-order valence-corrected chi connectivity index (χ4v) is 3.62. The van der Waals surface area contributed by atoms with E-state index in [1.165, 1.54) is 14.2 Å². The molecule has 0 radical (unpaired) electrons. The zero-order chi connectivity index (χ0) is 17.6. The molecule has 0 amide bonds. The zero-order valence-corrected chi connectivity index (χ0v) is 14.6. The molecule has 128 valence electrons. The van der Waals surface area contributed by atoms with E-state index in [1.54, 1.807) is 13.2 Å². The predicted octanol–water partition coefficient (Wildman–Crippen LogP) is 3.73. The molecule has 0 aromatic heterocycles. The second kappa shape index (κ2) is 5.58. The molecule has 0 atom stereocenters. The molecule has 0 unspecified atom stereocenters. The lowest BCUT2D eigenvalue weighted by Crippen LogP contribution is -2.27. The lowest BCUT2D eigenvalue weighted by molar-refractivity contribution is 0.0909. The van der Waals surface area contributed by atoms with Gasteiger partial charge in [-0.3, -0.25) is 4.79 Å². The van der Waals surface area contributed by atoms with Gasteiger partial charge >= 0.3 is 0 Å². The fraction of sp³-hybridized carbons (Fsp3) is 0.421. The monoisotopic (exact) mass is 330 g/mol. The van der Waals surface area contributed by atoms with Crippen LogP contribution in [0.4, 0.5) is 0 Å². The molecule has 0 saturated heterocycles. The van der Waals surface area contributed by atoms with Crippen LogP contribution >= 0.6 is 0 Å². The molecule has 1 aliphatic carbocycles. The minimum Gasteiger partial charge on any atom is -0.506 e. The topological polar surface area (TPSA) is 65.0 Å². The molecule has 5 heteroatoms. The Morgan fingerprint density at radius 3 is 2.25 bits per heavy atom. The molecule has 0 fully saturated rings. The van der Waals surface area contributed by atoms with Gasteiger partial charge in [-0.15, -0.1) is 0 Å². The molecule has 0 bridgehead atoms. The van der Waals surface area contributed by atoms with Gasteiger partial charge in [0.05, 0.1) is 32.3 Å². The molecule has 3 rings (SSSR count). The molecule has 0 heterocycles. The van der Waals surface area contributed by atoms with Crippen molar-refractivity contribution in [2.75, 3.05) is 21.3 Å². The van der Waals surface area contributed by atoms with Crippen LogP contribution in [0.5, 0.6) is 23.0 Å². The normalized spacial score (nSPS) is 16.0. The Balaban J connectivity index is 2.41. The number of methoxy groups -OCH3 is 3. The maximum atomic E-state index is 12.6. The number of rotatable bonds is 3. The van der Waals surface area contributed by atoms with Gasteiger partial charge in [0.1, 0.15) is 5.75 Å². The number of ketones is 1. The first-order chi connectivity index (χ1) is 11.3. The van der Waals surface area contributed by atoms with Crippen molar-refractivity contribution in [1.82, 2.24) is 0 Å². The van der Waals surface area contributed by atoms with Gasteiger partial charge in [0.15, 0.2) is 17.3 Å². The summed E-state index contributed by atoms with van der Waals surface area (Å²) in [5.41, 5.74) is 1.13. The Kier molecular flexibility index (Phi) is 3.82. The van der Waals surface area contributed by atoms with Crippen LogP contribution in [-0.4, -0.2) is 32.2 Å². The molecule has 0 aliphatic heterocycles. The third-order valence-electron chi connectivity index (χ3n) is 4.57. The van der Waals surface area contributed by atoms with E-state index in [9.17, 15) is 9.90 Å². The minimum absolute atomic E-state index is 0.0409. The van der Waals surface area contributed by atoms with Crippen LogP contribution < -0.4 is 14.2 Å². The van der Waals surface area contributed by atoms with Crippen molar-refractivity contribution in [2.45, 2.75) is 26.7 Å². The Morgan fingerprint density at radius 1 is 1.00 bits per heavy atom. The third kappa shape index (κ3) is 2.35. The number of phenolic OH excluding ortho intramolecular Hbond substituents is 1. The summed E-state index contributed by atoms with van der Waals surface area (Å²) >= 11 is 0. The summed E-state index contributed by atoms with van der Waals surface area (Å²) in [6.07, 6.45) is 1.14. The van der Waals surface area contributed by atoms with Gasteiger partial charge in [0.25, 0.3) is 0 Å². The highest BCUT2D eigenvalue weighted by molar-refractivity contribution is 6.09. The lowest BCUT2D eigenvalue weighted by Gasteiger charge is -2.31.